The minimum Gasteiger partial charge on any atom is -0.480 e. The summed E-state index contributed by atoms with van der Waals surface area (Å²) in [7, 11) is 1.65. The number of aliphatic carboxylic acids is 1. The fourth-order valence-corrected chi connectivity index (χ4v) is 2.26. The summed E-state index contributed by atoms with van der Waals surface area (Å²) in [6.45, 7) is -0.150. The van der Waals surface area contributed by atoms with E-state index in [1.165, 1.54) is 4.90 Å². The van der Waals surface area contributed by atoms with Gasteiger partial charge in [0.2, 0.25) is 0 Å². The van der Waals surface area contributed by atoms with Gasteiger partial charge in [0.1, 0.15) is 11.5 Å². The van der Waals surface area contributed by atoms with Gasteiger partial charge in [0.15, 0.2) is 0 Å². The van der Waals surface area contributed by atoms with Crippen LogP contribution in [-0.2, 0) is 4.79 Å². The van der Waals surface area contributed by atoms with Crippen LogP contribution >= 0.6 is 23.8 Å². The van der Waals surface area contributed by atoms with Crippen molar-refractivity contribution in [2.45, 2.75) is 0 Å². The number of rotatable bonds is 3. The molecule has 1 aromatic heterocycles. The summed E-state index contributed by atoms with van der Waals surface area (Å²) >= 11 is 11.4. The molecule has 1 aromatic carbocycles. The van der Waals surface area contributed by atoms with E-state index >= 15 is 0 Å². The molecule has 98 valence electrons. The molecule has 0 bridgehead atoms. The molecular weight excluding hydrogens is 284 g/mol. The van der Waals surface area contributed by atoms with Crippen LogP contribution in [0.1, 0.15) is 5.56 Å². The second-order valence-corrected chi connectivity index (χ2v) is 4.84. The number of benzene rings is 1. The Balaban J connectivity index is 2.48. The quantitative estimate of drug-likeness (QED) is 0.882. The molecule has 0 saturated carbocycles. The molecule has 0 aliphatic rings. The van der Waals surface area contributed by atoms with Gasteiger partial charge in [-0.2, -0.15) is 0 Å². The number of hydrogen-bond donors (Lipinski definition) is 1. The number of thiocarbonyl (C=S) groups is 1. The number of carboxylic acids is 1. The monoisotopic (exact) mass is 294 g/mol. The fourth-order valence-electron chi connectivity index (χ4n) is 1.80. The SMILES string of the molecule is CN(CC(=O)O)C(=S)c1ccc(Cl)c2ncccc12. The number of carboxylic acid groups (broad SMARTS) is 1. The van der Waals surface area contributed by atoms with Crippen molar-refractivity contribution >= 4 is 45.7 Å². The van der Waals surface area contributed by atoms with Crippen LogP contribution in [0, 0.1) is 0 Å². The Morgan fingerprint density at radius 3 is 2.89 bits per heavy atom. The molecule has 0 spiro atoms. The molecule has 2 aromatic rings. The molecule has 6 heteroatoms. The van der Waals surface area contributed by atoms with Crippen LogP contribution in [0.5, 0.6) is 0 Å². The van der Waals surface area contributed by atoms with Gasteiger partial charge in [-0.3, -0.25) is 9.78 Å². The summed E-state index contributed by atoms with van der Waals surface area (Å²) in [5.74, 6) is -0.929. The van der Waals surface area contributed by atoms with Gasteiger partial charge in [0, 0.05) is 24.2 Å². The van der Waals surface area contributed by atoms with Gasteiger partial charge in [0.25, 0.3) is 0 Å². The third-order valence-corrected chi connectivity index (χ3v) is 3.51. The van der Waals surface area contributed by atoms with Crippen LogP contribution < -0.4 is 0 Å². The average molecular weight is 295 g/mol. The van der Waals surface area contributed by atoms with E-state index in [1.54, 1.807) is 31.4 Å². The Labute approximate surface area is 120 Å². The van der Waals surface area contributed by atoms with Crippen LogP contribution in [-0.4, -0.2) is 39.5 Å². The van der Waals surface area contributed by atoms with Crippen LogP contribution in [0.3, 0.4) is 0 Å². The van der Waals surface area contributed by atoms with Gasteiger partial charge in [-0.25, -0.2) is 0 Å². The van der Waals surface area contributed by atoms with Crippen molar-refractivity contribution in [3.05, 3.63) is 41.0 Å². The Morgan fingerprint density at radius 2 is 2.21 bits per heavy atom. The Hall–Kier alpha value is -1.72. The maximum Gasteiger partial charge on any atom is 0.323 e. The number of likely N-dealkylation sites (N-methyl/N-ethyl adjacent to an activating group) is 1. The summed E-state index contributed by atoms with van der Waals surface area (Å²) in [5.41, 5.74) is 1.42. The lowest BCUT2D eigenvalue weighted by molar-refractivity contribution is -0.137. The summed E-state index contributed by atoms with van der Waals surface area (Å²) < 4.78 is 0. The summed E-state index contributed by atoms with van der Waals surface area (Å²) in [4.78, 5) is 16.9. The van der Waals surface area contributed by atoms with Crippen molar-refractivity contribution in [1.82, 2.24) is 9.88 Å². The first-order valence-electron chi connectivity index (χ1n) is 5.51. The van der Waals surface area contributed by atoms with Crippen molar-refractivity contribution in [2.75, 3.05) is 13.6 Å². The van der Waals surface area contributed by atoms with E-state index in [-0.39, 0.29) is 6.54 Å². The van der Waals surface area contributed by atoms with Gasteiger partial charge < -0.3 is 10.0 Å². The lowest BCUT2D eigenvalue weighted by atomic mass is 10.1. The number of aromatic nitrogens is 1. The Kier molecular flexibility index (Phi) is 3.97. The van der Waals surface area contributed by atoms with E-state index in [9.17, 15) is 4.79 Å². The van der Waals surface area contributed by atoms with Gasteiger partial charge >= 0.3 is 5.97 Å². The lowest BCUT2D eigenvalue weighted by Crippen LogP contribution is -2.31. The Bertz CT molecular complexity index is 660. The zero-order valence-electron chi connectivity index (χ0n) is 10.1. The van der Waals surface area contributed by atoms with Crippen molar-refractivity contribution in [3.8, 4) is 0 Å². The van der Waals surface area contributed by atoms with E-state index in [4.69, 9.17) is 28.9 Å². The number of hydrogen-bond acceptors (Lipinski definition) is 3. The second-order valence-electron chi connectivity index (χ2n) is 4.05. The molecule has 0 saturated heterocycles. The molecule has 0 radical (unpaired) electrons. The minimum absolute atomic E-state index is 0.150. The van der Waals surface area contributed by atoms with E-state index in [0.29, 0.717) is 15.5 Å². The van der Waals surface area contributed by atoms with E-state index in [1.807, 2.05) is 6.07 Å². The number of nitrogens with zero attached hydrogens (tertiary/aromatic N) is 2. The van der Waals surface area contributed by atoms with Crippen molar-refractivity contribution < 1.29 is 9.90 Å². The molecule has 0 amide bonds. The molecule has 2 rings (SSSR count). The molecule has 0 aliphatic heterocycles. The molecular formula is C13H11ClN2O2S. The maximum atomic E-state index is 10.7. The number of pyridine rings is 1. The zero-order chi connectivity index (χ0) is 14.0. The number of carbonyl (C=O) groups is 1. The molecule has 0 unspecified atom stereocenters. The first-order valence-corrected chi connectivity index (χ1v) is 6.30. The molecule has 4 nitrogen and oxygen atoms in total. The maximum absolute atomic E-state index is 10.7. The third-order valence-electron chi connectivity index (χ3n) is 2.67. The molecule has 0 aliphatic carbocycles. The largest absolute Gasteiger partial charge is 0.480 e. The standard InChI is InChI=1S/C13H11ClN2O2S/c1-16(7-11(17)18)13(19)9-4-5-10(14)12-8(9)3-2-6-15-12/h2-6H,7H2,1H3,(H,17,18). The van der Waals surface area contributed by atoms with Gasteiger partial charge in [-0.15, -0.1) is 0 Å². The third kappa shape index (κ3) is 2.83. The molecule has 1 N–H and O–H groups in total. The van der Waals surface area contributed by atoms with E-state index in [0.717, 1.165) is 10.9 Å². The van der Waals surface area contributed by atoms with Crippen LogP contribution in [0.4, 0.5) is 0 Å². The van der Waals surface area contributed by atoms with E-state index in [2.05, 4.69) is 4.98 Å². The molecule has 1 heterocycles. The predicted octanol–water partition coefficient (Wildman–Crippen LogP) is 2.58. The minimum atomic E-state index is -0.929. The van der Waals surface area contributed by atoms with Crippen molar-refractivity contribution in [1.29, 1.82) is 0 Å². The zero-order valence-corrected chi connectivity index (χ0v) is 11.7. The van der Waals surface area contributed by atoms with Crippen LogP contribution in [0.2, 0.25) is 5.02 Å². The second kappa shape index (κ2) is 5.50. The lowest BCUT2D eigenvalue weighted by Gasteiger charge is -2.19. The van der Waals surface area contributed by atoms with Gasteiger partial charge in [-0.05, 0) is 18.2 Å². The number of halogens is 1. The van der Waals surface area contributed by atoms with Gasteiger partial charge in [0.05, 0.1) is 10.5 Å². The van der Waals surface area contributed by atoms with Crippen LogP contribution in [0.25, 0.3) is 10.9 Å². The Morgan fingerprint density at radius 1 is 1.47 bits per heavy atom. The predicted molar refractivity (Wildman–Crippen MR) is 78.7 cm³/mol. The molecule has 0 fully saturated rings. The first kappa shape index (κ1) is 13.7. The average Bonchev–Trinajstić information content (AvgIpc) is 2.38. The normalized spacial score (nSPS) is 10.4. The highest BCUT2D eigenvalue weighted by atomic mass is 35.5. The first-order chi connectivity index (χ1) is 9.00. The van der Waals surface area contributed by atoms with E-state index < -0.39 is 5.97 Å². The summed E-state index contributed by atoms with van der Waals surface area (Å²) in [6.07, 6.45) is 1.65. The topological polar surface area (TPSA) is 53.4 Å². The van der Waals surface area contributed by atoms with Crippen molar-refractivity contribution in [3.63, 3.8) is 0 Å². The van der Waals surface area contributed by atoms with Crippen LogP contribution in [0.15, 0.2) is 30.5 Å². The molecule has 19 heavy (non-hydrogen) atoms. The van der Waals surface area contributed by atoms with Gasteiger partial charge in [-0.1, -0.05) is 29.9 Å². The highest BCUT2D eigenvalue weighted by Crippen LogP contribution is 2.25. The smallest absolute Gasteiger partial charge is 0.323 e. The molecule has 0 atom stereocenters. The fraction of sp³-hybridized carbons (Fsp3) is 0.154. The summed E-state index contributed by atoms with van der Waals surface area (Å²) in [5, 5.41) is 10.2. The van der Waals surface area contributed by atoms with Crippen molar-refractivity contribution in [2.24, 2.45) is 0 Å². The number of fused-ring (bicyclic) bond motifs is 1. The highest BCUT2D eigenvalue weighted by molar-refractivity contribution is 7.80. The summed E-state index contributed by atoms with van der Waals surface area (Å²) in [6, 6.07) is 7.16. The highest BCUT2D eigenvalue weighted by Gasteiger charge is 2.14.